The second-order valence-electron chi connectivity index (χ2n) is 12.0. The van der Waals surface area contributed by atoms with Crippen molar-refractivity contribution in [1.82, 2.24) is 9.13 Å². The van der Waals surface area contributed by atoms with E-state index in [2.05, 4.69) is 147 Å². The van der Waals surface area contributed by atoms with Crippen LogP contribution in [0.15, 0.2) is 158 Å². The van der Waals surface area contributed by atoms with Crippen LogP contribution in [0.2, 0.25) is 0 Å². The molecule has 0 fully saturated rings. The molecule has 7 aromatic carbocycles. The summed E-state index contributed by atoms with van der Waals surface area (Å²) in [5, 5.41) is 14.3. The van der Waals surface area contributed by atoms with Crippen LogP contribution in [0, 0.1) is 17.9 Å². The van der Waals surface area contributed by atoms with Gasteiger partial charge in [-0.1, -0.05) is 84.9 Å². The number of para-hydroxylation sites is 4. The minimum Gasteiger partial charge on any atom is -0.309 e. The smallest absolute Gasteiger partial charge is 0.196 e. The van der Waals surface area contributed by atoms with E-state index < -0.39 is 0 Å². The predicted molar refractivity (Wildman–Crippen MR) is 197 cm³/mol. The number of aromatic nitrogens is 2. The van der Waals surface area contributed by atoms with E-state index in [4.69, 9.17) is 6.57 Å². The molecule has 0 radical (unpaired) electrons. The molecule has 0 aliphatic heterocycles. The molecule has 0 amide bonds. The molecule has 9 aromatic rings. The van der Waals surface area contributed by atoms with E-state index in [-0.39, 0.29) is 0 Å². The molecule has 0 unspecified atom stereocenters. The summed E-state index contributed by atoms with van der Waals surface area (Å²) >= 11 is 0. The van der Waals surface area contributed by atoms with Crippen molar-refractivity contribution >= 4 is 49.3 Å². The van der Waals surface area contributed by atoms with Gasteiger partial charge in [-0.3, -0.25) is 0 Å². The van der Waals surface area contributed by atoms with E-state index in [9.17, 15) is 5.26 Å². The standard InChI is InChI=1S/C44H26N4/c1-46-40-24-29(28-45)20-22-33(40)37-27-44-39(35-17-9-11-19-42(35)48(44)32-14-6-3-7-15-32)26-36(37)30-21-23-43-38(25-30)34-16-8-10-18-41(34)47(43)31-12-4-2-5-13-31/h2-27H. The van der Waals surface area contributed by atoms with Crippen LogP contribution in [-0.2, 0) is 0 Å². The van der Waals surface area contributed by atoms with Crippen LogP contribution in [0.1, 0.15) is 5.56 Å². The Morgan fingerprint density at radius 2 is 1.02 bits per heavy atom. The van der Waals surface area contributed by atoms with Crippen molar-refractivity contribution in [3.05, 3.63) is 175 Å². The molecule has 0 bridgehead atoms. The summed E-state index contributed by atoms with van der Waals surface area (Å²) in [4.78, 5) is 3.91. The van der Waals surface area contributed by atoms with Gasteiger partial charge in [-0.05, 0) is 95.1 Å². The lowest BCUT2D eigenvalue weighted by molar-refractivity contribution is 1.18. The topological polar surface area (TPSA) is 38.0 Å². The van der Waals surface area contributed by atoms with Gasteiger partial charge in [-0.2, -0.15) is 5.26 Å². The van der Waals surface area contributed by atoms with E-state index in [0.29, 0.717) is 11.3 Å². The van der Waals surface area contributed by atoms with Crippen molar-refractivity contribution in [3.8, 4) is 39.7 Å². The first-order chi connectivity index (χ1) is 23.7. The van der Waals surface area contributed by atoms with E-state index >= 15 is 0 Å². The summed E-state index contributed by atoms with van der Waals surface area (Å²) in [6, 6.07) is 56.8. The number of nitriles is 1. The highest BCUT2D eigenvalue weighted by atomic mass is 15.0. The Morgan fingerprint density at radius 3 is 1.65 bits per heavy atom. The van der Waals surface area contributed by atoms with Crippen molar-refractivity contribution in [2.24, 2.45) is 0 Å². The normalized spacial score (nSPS) is 11.3. The third-order valence-corrected chi connectivity index (χ3v) is 9.36. The molecule has 2 aromatic heterocycles. The van der Waals surface area contributed by atoms with Gasteiger partial charge in [-0.15, -0.1) is 0 Å². The highest BCUT2D eigenvalue weighted by Crippen LogP contribution is 2.45. The first-order valence-electron chi connectivity index (χ1n) is 15.9. The minimum atomic E-state index is 0.457. The summed E-state index contributed by atoms with van der Waals surface area (Å²) in [5.74, 6) is 0. The zero-order chi connectivity index (χ0) is 32.2. The zero-order valence-corrected chi connectivity index (χ0v) is 25.8. The molecule has 0 N–H and O–H groups in total. The number of benzene rings is 7. The highest BCUT2D eigenvalue weighted by molar-refractivity contribution is 6.15. The Kier molecular flexibility index (Phi) is 6.22. The van der Waals surface area contributed by atoms with E-state index in [0.717, 1.165) is 71.9 Å². The van der Waals surface area contributed by atoms with Crippen molar-refractivity contribution in [2.75, 3.05) is 0 Å². The lowest BCUT2D eigenvalue weighted by Gasteiger charge is -2.15. The third-order valence-electron chi connectivity index (χ3n) is 9.36. The average Bonchev–Trinajstić information content (AvgIpc) is 3.66. The predicted octanol–water partition coefficient (Wildman–Crippen LogP) is 11.6. The minimum absolute atomic E-state index is 0.457. The molecule has 0 saturated heterocycles. The Morgan fingerprint density at radius 1 is 0.458 bits per heavy atom. The van der Waals surface area contributed by atoms with Gasteiger partial charge in [0.15, 0.2) is 5.69 Å². The molecular formula is C44H26N4. The van der Waals surface area contributed by atoms with Crippen molar-refractivity contribution in [2.45, 2.75) is 0 Å². The number of hydrogen-bond donors (Lipinski definition) is 0. The second-order valence-corrected chi connectivity index (χ2v) is 12.0. The van der Waals surface area contributed by atoms with Gasteiger partial charge in [0, 0.05) is 38.5 Å². The van der Waals surface area contributed by atoms with Gasteiger partial charge in [0.2, 0.25) is 0 Å². The molecule has 4 nitrogen and oxygen atoms in total. The highest BCUT2D eigenvalue weighted by Gasteiger charge is 2.20. The number of nitrogens with zero attached hydrogens (tertiary/aromatic N) is 4. The molecule has 0 spiro atoms. The fourth-order valence-electron chi connectivity index (χ4n) is 7.25. The lowest BCUT2D eigenvalue weighted by Crippen LogP contribution is -1.95. The van der Waals surface area contributed by atoms with Gasteiger partial charge >= 0.3 is 0 Å². The molecule has 0 aliphatic rings. The molecule has 0 aliphatic carbocycles. The SMILES string of the molecule is [C-]#[N+]c1cc(C#N)ccc1-c1cc2c(cc1-c1ccc3c(c1)c1ccccc1n3-c1ccccc1)c1ccccc1n2-c1ccccc1. The average molecular weight is 611 g/mol. The quantitative estimate of drug-likeness (QED) is 0.183. The van der Waals surface area contributed by atoms with Crippen molar-refractivity contribution < 1.29 is 0 Å². The summed E-state index contributed by atoms with van der Waals surface area (Å²) in [6.45, 7) is 8.10. The fourth-order valence-corrected chi connectivity index (χ4v) is 7.25. The summed E-state index contributed by atoms with van der Waals surface area (Å²) in [7, 11) is 0. The molecule has 9 rings (SSSR count). The van der Waals surface area contributed by atoms with Gasteiger partial charge in [0.25, 0.3) is 0 Å². The largest absolute Gasteiger partial charge is 0.309 e. The van der Waals surface area contributed by atoms with Gasteiger partial charge in [0.05, 0.1) is 34.7 Å². The van der Waals surface area contributed by atoms with Crippen LogP contribution >= 0.6 is 0 Å². The summed E-state index contributed by atoms with van der Waals surface area (Å²) in [6.07, 6.45) is 0. The monoisotopic (exact) mass is 610 g/mol. The maximum absolute atomic E-state index is 9.65. The second kappa shape index (κ2) is 10.9. The van der Waals surface area contributed by atoms with Crippen LogP contribution in [0.5, 0.6) is 0 Å². The van der Waals surface area contributed by atoms with Gasteiger partial charge in [0.1, 0.15) is 0 Å². The van der Waals surface area contributed by atoms with Crippen molar-refractivity contribution in [3.63, 3.8) is 0 Å². The molecule has 48 heavy (non-hydrogen) atoms. The first kappa shape index (κ1) is 27.4. The summed E-state index contributed by atoms with van der Waals surface area (Å²) in [5.41, 5.74) is 11.4. The fraction of sp³-hybridized carbons (Fsp3) is 0. The Balaban J connectivity index is 1.39. The van der Waals surface area contributed by atoms with Crippen LogP contribution < -0.4 is 0 Å². The Hall–Kier alpha value is -6.88. The number of hydrogen-bond acceptors (Lipinski definition) is 1. The van der Waals surface area contributed by atoms with Crippen LogP contribution in [-0.4, -0.2) is 9.13 Å². The van der Waals surface area contributed by atoms with Crippen LogP contribution in [0.4, 0.5) is 5.69 Å². The summed E-state index contributed by atoms with van der Waals surface area (Å²) < 4.78 is 4.62. The molecular weight excluding hydrogens is 585 g/mol. The van der Waals surface area contributed by atoms with Gasteiger partial charge in [-0.25, -0.2) is 4.85 Å². The van der Waals surface area contributed by atoms with Crippen LogP contribution in [0.3, 0.4) is 0 Å². The molecule has 222 valence electrons. The molecule has 2 heterocycles. The molecule has 4 heteroatoms. The Labute approximate surface area is 277 Å². The maximum Gasteiger partial charge on any atom is 0.196 e. The molecule has 0 atom stereocenters. The van der Waals surface area contributed by atoms with E-state index in [1.807, 2.05) is 18.2 Å². The third kappa shape index (κ3) is 4.14. The van der Waals surface area contributed by atoms with Crippen LogP contribution in [0.25, 0.3) is 82.1 Å². The zero-order valence-electron chi connectivity index (χ0n) is 25.8. The maximum atomic E-state index is 9.65. The Bertz CT molecular complexity index is 2790. The lowest BCUT2D eigenvalue weighted by atomic mass is 9.90. The first-order valence-corrected chi connectivity index (χ1v) is 15.9. The molecule has 0 saturated carbocycles. The number of fused-ring (bicyclic) bond motifs is 6. The van der Waals surface area contributed by atoms with E-state index in [1.54, 1.807) is 12.1 Å². The van der Waals surface area contributed by atoms with Gasteiger partial charge < -0.3 is 9.13 Å². The number of rotatable bonds is 4. The van der Waals surface area contributed by atoms with Crippen molar-refractivity contribution in [1.29, 1.82) is 5.26 Å². The van der Waals surface area contributed by atoms with E-state index in [1.165, 1.54) is 5.39 Å².